The number of piperidine rings is 1. The van der Waals surface area contributed by atoms with Gasteiger partial charge in [-0.05, 0) is 31.0 Å². The molecule has 2 aromatic carbocycles. The number of nitrogens with two attached hydrogens (primary N) is 1. The number of anilines is 1. The predicted molar refractivity (Wildman–Crippen MR) is 120 cm³/mol. The van der Waals surface area contributed by atoms with Crippen LogP contribution in [0.1, 0.15) is 28.8 Å². The highest BCUT2D eigenvalue weighted by atomic mass is 35.5. The first-order valence-electron chi connectivity index (χ1n) is 9.69. The van der Waals surface area contributed by atoms with Crippen molar-refractivity contribution in [1.29, 1.82) is 0 Å². The van der Waals surface area contributed by atoms with Gasteiger partial charge in [-0.1, -0.05) is 30.3 Å². The van der Waals surface area contributed by atoms with Gasteiger partial charge in [-0.25, -0.2) is 0 Å². The van der Waals surface area contributed by atoms with Gasteiger partial charge in [0.05, 0.1) is 23.9 Å². The van der Waals surface area contributed by atoms with E-state index in [9.17, 15) is 9.59 Å². The largest absolute Gasteiger partial charge is 0.497 e. The molecule has 1 aliphatic rings. The fourth-order valence-electron chi connectivity index (χ4n) is 3.92. The molecule has 2 N–H and O–H groups in total. The molecule has 30 heavy (non-hydrogen) atoms. The number of nitrogens with zero attached hydrogens (tertiary/aromatic N) is 2. The second kappa shape index (κ2) is 9.13. The highest BCUT2D eigenvalue weighted by molar-refractivity contribution is 6.16. The van der Waals surface area contributed by atoms with Crippen molar-refractivity contribution < 1.29 is 14.3 Å². The van der Waals surface area contributed by atoms with Gasteiger partial charge in [-0.15, -0.1) is 12.4 Å². The number of amides is 1. The van der Waals surface area contributed by atoms with Crippen LogP contribution in [0.25, 0.3) is 10.9 Å². The highest BCUT2D eigenvalue weighted by Crippen LogP contribution is 2.35. The smallest absolute Gasteiger partial charge is 0.220 e. The van der Waals surface area contributed by atoms with Crippen molar-refractivity contribution in [1.82, 2.24) is 4.98 Å². The minimum atomic E-state index is -0.258. The minimum absolute atomic E-state index is 0. The highest BCUT2D eigenvalue weighted by Gasteiger charge is 2.28. The van der Waals surface area contributed by atoms with Crippen molar-refractivity contribution in [2.75, 3.05) is 25.1 Å². The molecule has 2 heterocycles. The number of halogens is 1. The molecule has 156 valence electrons. The molecule has 1 amide bonds. The van der Waals surface area contributed by atoms with Gasteiger partial charge < -0.3 is 15.4 Å². The normalized spacial score (nSPS) is 14.2. The molecule has 3 aromatic rings. The van der Waals surface area contributed by atoms with Gasteiger partial charge in [-0.3, -0.25) is 14.6 Å². The molecule has 1 fully saturated rings. The molecule has 0 atom stereocenters. The monoisotopic (exact) mass is 425 g/mol. The molecule has 7 heteroatoms. The third-order valence-corrected chi connectivity index (χ3v) is 5.54. The van der Waals surface area contributed by atoms with E-state index in [1.807, 2.05) is 36.4 Å². The Morgan fingerprint density at radius 3 is 2.43 bits per heavy atom. The van der Waals surface area contributed by atoms with E-state index in [1.165, 1.54) is 0 Å². The second-order valence-corrected chi connectivity index (χ2v) is 7.26. The Kier molecular flexibility index (Phi) is 6.57. The lowest BCUT2D eigenvalue weighted by atomic mass is 9.93. The summed E-state index contributed by atoms with van der Waals surface area (Å²) in [5.41, 5.74) is 8.29. The van der Waals surface area contributed by atoms with E-state index in [-0.39, 0.29) is 30.0 Å². The molecule has 0 bridgehead atoms. The van der Waals surface area contributed by atoms with Crippen LogP contribution in [0.15, 0.2) is 54.7 Å². The summed E-state index contributed by atoms with van der Waals surface area (Å²) in [5, 5.41) is 0.864. The van der Waals surface area contributed by atoms with Crippen LogP contribution in [-0.2, 0) is 4.79 Å². The van der Waals surface area contributed by atoms with Crippen molar-refractivity contribution in [2.24, 2.45) is 11.7 Å². The molecule has 1 aromatic heterocycles. The van der Waals surface area contributed by atoms with Gasteiger partial charge in [0.1, 0.15) is 5.75 Å². The summed E-state index contributed by atoms with van der Waals surface area (Å²) >= 11 is 0. The fourth-order valence-corrected chi connectivity index (χ4v) is 3.92. The number of pyridine rings is 1. The van der Waals surface area contributed by atoms with Gasteiger partial charge in [0.15, 0.2) is 5.78 Å². The summed E-state index contributed by atoms with van der Waals surface area (Å²) in [7, 11) is 1.62. The minimum Gasteiger partial charge on any atom is -0.497 e. The third kappa shape index (κ3) is 4.09. The molecule has 0 unspecified atom stereocenters. The summed E-state index contributed by atoms with van der Waals surface area (Å²) in [4.78, 5) is 31.6. The predicted octanol–water partition coefficient (Wildman–Crippen LogP) is 3.60. The lowest BCUT2D eigenvalue weighted by Gasteiger charge is -2.34. The van der Waals surface area contributed by atoms with Crippen LogP contribution in [0.5, 0.6) is 5.75 Å². The first kappa shape index (κ1) is 21.6. The van der Waals surface area contributed by atoms with Crippen LogP contribution < -0.4 is 15.4 Å². The van der Waals surface area contributed by atoms with Gasteiger partial charge in [-0.2, -0.15) is 0 Å². The summed E-state index contributed by atoms with van der Waals surface area (Å²) in [5.74, 6) is 0.250. The molecule has 6 nitrogen and oxygen atoms in total. The van der Waals surface area contributed by atoms with Crippen LogP contribution >= 0.6 is 12.4 Å². The van der Waals surface area contributed by atoms with Gasteiger partial charge in [0, 0.05) is 36.2 Å². The van der Waals surface area contributed by atoms with Crippen LogP contribution in [0.3, 0.4) is 0 Å². The van der Waals surface area contributed by atoms with E-state index in [4.69, 9.17) is 10.5 Å². The summed E-state index contributed by atoms with van der Waals surface area (Å²) in [6, 6.07) is 14.9. The van der Waals surface area contributed by atoms with Crippen molar-refractivity contribution >= 4 is 40.7 Å². The van der Waals surface area contributed by atoms with Gasteiger partial charge in [0.2, 0.25) is 5.91 Å². The van der Waals surface area contributed by atoms with Crippen LogP contribution in [-0.4, -0.2) is 36.9 Å². The number of carbonyl (C=O) groups excluding carboxylic acids is 2. The number of methoxy groups -OCH3 is 1. The first-order valence-corrected chi connectivity index (χ1v) is 9.69. The standard InChI is InChI=1S/C23H23N3O3.ClH/c1-29-17-7-8-20-18(13-17)21(26-11-9-16(10-12-26)23(24)28)19(14-25-20)22(27)15-5-3-2-4-6-15;/h2-8,13-14,16H,9-12H2,1H3,(H2,24,28);1H. The van der Waals surface area contributed by atoms with E-state index < -0.39 is 0 Å². The lowest BCUT2D eigenvalue weighted by molar-refractivity contribution is -0.122. The average Bonchev–Trinajstić information content (AvgIpc) is 2.78. The number of hydrogen-bond acceptors (Lipinski definition) is 5. The van der Waals surface area contributed by atoms with Crippen molar-refractivity contribution in [2.45, 2.75) is 12.8 Å². The fraction of sp³-hybridized carbons (Fsp3) is 0.261. The second-order valence-electron chi connectivity index (χ2n) is 7.26. The molecular weight excluding hydrogens is 402 g/mol. The average molecular weight is 426 g/mol. The quantitative estimate of drug-likeness (QED) is 0.631. The first-order chi connectivity index (χ1) is 14.1. The van der Waals surface area contributed by atoms with Crippen molar-refractivity contribution in [3.05, 3.63) is 65.9 Å². The number of aromatic nitrogens is 1. The summed E-state index contributed by atoms with van der Waals surface area (Å²) in [6.45, 7) is 1.30. The number of ether oxygens (including phenoxy) is 1. The number of hydrogen-bond donors (Lipinski definition) is 1. The Balaban J connectivity index is 0.00000256. The molecular formula is C23H24ClN3O3. The summed E-state index contributed by atoms with van der Waals surface area (Å²) in [6.07, 6.45) is 2.99. The molecule has 1 saturated heterocycles. The van der Waals surface area contributed by atoms with Gasteiger partial charge in [0.25, 0.3) is 0 Å². The van der Waals surface area contributed by atoms with E-state index in [2.05, 4.69) is 9.88 Å². The Bertz CT molecular complexity index is 1060. The van der Waals surface area contributed by atoms with Crippen LogP contribution in [0.4, 0.5) is 5.69 Å². The summed E-state index contributed by atoms with van der Waals surface area (Å²) < 4.78 is 5.41. The van der Waals surface area contributed by atoms with E-state index >= 15 is 0 Å². The van der Waals surface area contributed by atoms with E-state index in [0.717, 1.165) is 16.6 Å². The zero-order valence-corrected chi connectivity index (χ0v) is 17.5. The molecule has 0 spiro atoms. The number of rotatable bonds is 5. The van der Waals surface area contributed by atoms with Crippen LogP contribution in [0.2, 0.25) is 0 Å². The van der Waals surface area contributed by atoms with Crippen LogP contribution in [0, 0.1) is 5.92 Å². The maximum atomic E-state index is 13.3. The molecule has 0 radical (unpaired) electrons. The Hall–Kier alpha value is -3.12. The Labute approximate surface area is 181 Å². The molecule has 0 saturated carbocycles. The molecule has 0 aliphatic carbocycles. The van der Waals surface area contributed by atoms with E-state index in [1.54, 1.807) is 25.4 Å². The van der Waals surface area contributed by atoms with E-state index in [0.29, 0.717) is 42.8 Å². The van der Waals surface area contributed by atoms with Crippen molar-refractivity contribution in [3.8, 4) is 5.75 Å². The topological polar surface area (TPSA) is 85.5 Å². The Morgan fingerprint density at radius 2 is 1.80 bits per heavy atom. The number of primary amides is 1. The number of carbonyl (C=O) groups is 2. The Morgan fingerprint density at radius 1 is 1.10 bits per heavy atom. The molecule has 1 aliphatic heterocycles. The van der Waals surface area contributed by atoms with Gasteiger partial charge >= 0.3 is 0 Å². The zero-order valence-electron chi connectivity index (χ0n) is 16.7. The SMILES string of the molecule is COc1ccc2ncc(C(=O)c3ccccc3)c(N3CCC(C(N)=O)CC3)c2c1.Cl. The third-order valence-electron chi connectivity index (χ3n) is 5.54. The van der Waals surface area contributed by atoms with Crippen molar-refractivity contribution in [3.63, 3.8) is 0 Å². The molecule has 4 rings (SSSR count). The number of benzene rings is 2. The lowest BCUT2D eigenvalue weighted by Crippen LogP contribution is -2.39. The zero-order chi connectivity index (χ0) is 20.4. The maximum Gasteiger partial charge on any atom is 0.220 e. The maximum absolute atomic E-state index is 13.3. The number of fused-ring (bicyclic) bond motifs is 1. The number of ketones is 1.